The summed E-state index contributed by atoms with van der Waals surface area (Å²) in [6, 6.07) is 5.91. The molecule has 2 aromatic rings. The van der Waals surface area contributed by atoms with E-state index in [1.165, 1.54) is 16.2 Å². The monoisotopic (exact) mass is 417 g/mol. The first-order valence-corrected chi connectivity index (χ1v) is 11.2. The van der Waals surface area contributed by atoms with Crippen molar-refractivity contribution in [3.05, 3.63) is 38.4 Å². The van der Waals surface area contributed by atoms with E-state index in [4.69, 9.17) is 12.2 Å². The summed E-state index contributed by atoms with van der Waals surface area (Å²) in [6.45, 7) is 6.90. The van der Waals surface area contributed by atoms with E-state index in [1.807, 2.05) is 11.4 Å². The average molecular weight is 418 g/mol. The minimum Gasteiger partial charge on any atom is -0.323 e. The van der Waals surface area contributed by atoms with Gasteiger partial charge in [-0.2, -0.15) is 5.26 Å². The van der Waals surface area contributed by atoms with Gasteiger partial charge in [-0.3, -0.25) is 10.1 Å². The molecule has 0 fully saturated rings. The van der Waals surface area contributed by atoms with Gasteiger partial charge >= 0.3 is 0 Å². The fourth-order valence-electron chi connectivity index (χ4n) is 3.45. The van der Waals surface area contributed by atoms with Crippen molar-refractivity contribution in [1.82, 2.24) is 5.32 Å². The molecule has 142 valence electrons. The van der Waals surface area contributed by atoms with Crippen molar-refractivity contribution >= 4 is 50.9 Å². The molecule has 0 unspecified atom stereocenters. The molecule has 0 saturated heterocycles. The van der Waals surface area contributed by atoms with Gasteiger partial charge in [-0.15, -0.1) is 22.7 Å². The molecule has 0 aromatic carbocycles. The van der Waals surface area contributed by atoms with Crippen LogP contribution in [0.4, 0.5) is 5.00 Å². The summed E-state index contributed by atoms with van der Waals surface area (Å²) < 4.78 is 0. The molecule has 1 aliphatic rings. The molecule has 2 aromatic heterocycles. The third-order valence-electron chi connectivity index (χ3n) is 5.59. The second-order valence-corrected chi connectivity index (χ2v) is 9.95. The van der Waals surface area contributed by atoms with Crippen molar-refractivity contribution < 1.29 is 4.79 Å². The highest BCUT2D eigenvalue weighted by Crippen LogP contribution is 2.45. The molecule has 0 bridgehead atoms. The molecular weight excluding hydrogens is 394 g/mol. The molecule has 4 nitrogen and oxygen atoms in total. The van der Waals surface area contributed by atoms with Crippen LogP contribution in [-0.4, -0.2) is 11.0 Å². The Morgan fingerprint density at radius 3 is 2.89 bits per heavy atom. The zero-order chi connectivity index (χ0) is 19.6. The normalized spacial score (nSPS) is 16.3. The minimum atomic E-state index is -0.230. The lowest BCUT2D eigenvalue weighted by atomic mass is 9.69. The number of rotatable bonds is 4. The number of nitrogens with one attached hydrogen (secondary N) is 2. The highest BCUT2D eigenvalue weighted by Gasteiger charge is 2.34. The molecule has 7 heteroatoms. The summed E-state index contributed by atoms with van der Waals surface area (Å²) in [7, 11) is 0. The van der Waals surface area contributed by atoms with E-state index in [0.717, 1.165) is 36.2 Å². The molecule has 0 aliphatic heterocycles. The molecule has 1 atom stereocenters. The maximum Gasteiger partial charge on any atom is 0.267 e. The van der Waals surface area contributed by atoms with Crippen LogP contribution in [0.5, 0.6) is 0 Å². The number of thiophene rings is 2. The van der Waals surface area contributed by atoms with Crippen LogP contribution in [0.15, 0.2) is 17.5 Å². The van der Waals surface area contributed by atoms with Crippen molar-refractivity contribution in [1.29, 1.82) is 5.26 Å². The van der Waals surface area contributed by atoms with Crippen molar-refractivity contribution in [2.45, 2.75) is 46.5 Å². The number of thiocarbonyl (C=S) groups is 1. The molecule has 0 radical (unpaired) electrons. The number of anilines is 1. The van der Waals surface area contributed by atoms with E-state index in [1.54, 1.807) is 17.4 Å². The second-order valence-electron chi connectivity index (χ2n) is 7.49. The fourth-order valence-corrected chi connectivity index (χ4v) is 5.62. The number of carbonyl (C=O) groups excluding carboxylic acids is 1. The van der Waals surface area contributed by atoms with E-state index in [9.17, 15) is 10.1 Å². The summed E-state index contributed by atoms with van der Waals surface area (Å²) in [5.41, 5.74) is 2.13. The van der Waals surface area contributed by atoms with Crippen LogP contribution in [0.1, 0.15) is 59.3 Å². The van der Waals surface area contributed by atoms with Gasteiger partial charge < -0.3 is 5.32 Å². The predicted octanol–water partition coefficient (Wildman–Crippen LogP) is 5.35. The Balaban J connectivity index is 1.75. The Morgan fingerprint density at radius 1 is 1.48 bits per heavy atom. The predicted molar refractivity (Wildman–Crippen MR) is 117 cm³/mol. The highest BCUT2D eigenvalue weighted by molar-refractivity contribution is 7.80. The first-order chi connectivity index (χ1) is 12.9. The third-order valence-corrected chi connectivity index (χ3v) is 7.84. The third kappa shape index (κ3) is 4.23. The average Bonchev–Trinajstić information content (AvgIpc) is 3.28. The molecule has 1 amide bonds. The Kier molecular flexibility index (Phi) is 5.99. The van der Waals surface area contributed by atoms with Crippen LogP contribution in [0.3, 0.4) is 0 Å². The summed E-state index contributed by atoms with van der Waals surface area (Å²) in [6.07, 6.45) is 4.19. The number of amides is 1. The van der Waals surface area contributed by atoms with E-state index in [-0.39, 0.29) is 11.0 Å². The van der Waals surface area contributed by atoms with E-state index in [2.05, 4.69) is 37.5 Å². The number of nitriles is 1. The van der Waals surface area contributed by atoms with Gasteiger partial charge in [-0.1, -0.05) is 33.3 Å². The van der Waals surface area contributed by atoms with Gasteiger partial charge in [0.1, 0.15) is 11.1 Å². The topological polar surface area (TPSA) is 64.9 Å². The SMILES string of the molecule is CCC(C)(C)[C@H]1CCc2c(sc(NC(=S)NC(=O)c3cccs3)c2C#N)C1. The summed E-state index contributed by atoms with van der Waals surface area (Å²) >= 11 is 8.26. The molecule has 27 heavy (non-hydrogen) atoms. The van der Waals surface area contributed by atoms with Crippen molar-refractivity contribution in [2.24, 2.45) is 11.3 Å². The van der Waals surface area contributed by atoms with Gasteiger partial charge in [0, 0.05) is 4.88 Å². The van der Waals surface area contributed by atoms with Crippen LogP contribution in [-0.2, 0) is 12.8 Å². The van der Waals surface area contributed by atoms with Crippen molar-refractivity contribution in [3.8, 4) is 6.07 Å². The standard InChI is InChI=1S/C20H23N3OS3/c1-4-20(2,3)12-7-8-13-14(11-21)18(27-16(13)10-12)23-19(25)22-17(24)15-6-5-9-26-15/h5-6,9,12H,4,7-8,10H2,1-3H3,(H2,22,23,24,25)/t12-/m0/s1. The van der Waals surface area contributed by atoms with Gasteiger partial charge in [0.05, 0.1) is 10.4 Å². The summed E-state index contributed by atoms with van der Waals surface area (Å²) in [4.78, 5) is 14.0. The van der Waals surface area contributed by atoms with Gasteiger partial charge in [0.2, 0.25) is 0 Å². The molecule has 3 rings (SSSR count). The largest absolute Gasteiger partial charge is 0.323 e. The zero-order valence-electron chi connectivity index (χ0n) is 15.7. The lowest BCUT2D eigenvalue weighted by molar-refractivity contribution is 0.0981. The van der Waals surface area contributed by atoms with E-state index < -0.39 is 0 Å². The first kappa shape index (κ1) is 20.0. The highest BCUT2D eigenvalue weighted by atomic mass is 32.1. The number of nitrogens with zero attached hydrogens (tertiary/aromatic N) is 1. The Labute approximate surface area is 173 Å². The number of fused-ring (bicyclic) bond motifs is 1. The number of hydrogen-bond donors (Lipinski definition) is 2. The van der Waals surface area contributed by atoms with Gasteiger partial charge in [-0.25, -0.2) is 0 Å². The first-order valence-electron chi connectivity index (χ1n) is 9.06. The number of carbonyl (C=O) groups is 1. The lowest BCUT2D eigenvalue weighted by Crippen LogP contribution is -2.33. The molecule has 2 heterocycles. The molecule has 2 N–H and O–H groups in total. The molecule has 0 saturated carbocycles. The van der Waals surface area contributed by atoms with Gasteiger partial charge in [-0.05, 0) is 59.8 Å². The quantitative estimate of drug-likeness (QED) is 0.658. The van der Waals surface area contributed by atoms with Crippen LogP contribution < -0.4 is 10.6 Å². The Hall–Kier alpha value is -1.75. The molecular formula is C20H23N3OS3. The fraction of sp³-hybridized carbons (Fsp3) is 0.450. The maximum atomic E-state index is 12.2. The van der Waals surface area contributed by atoms with Gasteiger partial charge in [0.25, 0.3) is 5.91 Å². The Bertz CT molecular complexity index is 890. The van der Waals surface area contributed by atoms with Crippen LogP contribution in [0.2, 0.25) is 0 Å². The maximum absolute atomic E-state index is 12.2. The smallest absolute Gasteiger partial charge is 0.267 e. The molecule has 1 aliphatic carbocycles. The van der Waals surface area contributed by atoms with Gasteiger partial charge in [0.15, 0.2) is 5.11 Å². The van der Waals surface area contributed by atoms with Crippen LogP contribution >= 0.6 is 34.9 Å². The molecule has 0 spiro atoms. The summed E-state index contributed by atoms with van der Waals surface area (Å²) in [5.74, 6) is 0.394. The summed E-state index contributed by atoms with van der Waals surface area (Å²) in [5, 5.41) is 18.3. The lowest BCUT2D eigenvalue weighted by Gasteiger charge is -2.36. The van der Waals surface area contributed by atoms with Crippen molar-refractivity contribution in [3.63, 3.8) is 0 Å². The second kappa shape index (κ2) is 8.09. The zero-order valence-corrected chi connectivity index (χ0v) is 18.2. The van der Waals surface area contributed by atoms with Crippen LogP contribution in [0, 0.1) is 22.7 Å². The minimum absolute atomic E-state index is 0.230. The van der Waals surface area contributed by atoms with E-state index >= 15 is 0 Å². The van der Waals surface area contributed by atoms with E-state index in [0.29, 0.717) is 21.8 Å². The number of hydrogen-bond acceptors (Lipinski definition) is 5. The van der Waals surface area contributed by atoms with Crippen molar-refractivity contribution in [2.75, 3.05) is 5.32 Å². The van der Waals surface area contributed by atoms with Crippen LogP contribution in [0.25, 0.3) is 0 Å². The Morgan fingerprint density at radius 2 is 2.26 bits per heavy atom.